The molecule has 0 saturated carbocycles. The first-order valence-electron chi connectivity index (χ1n) is 7.26. The van der Waals surface area contributed by atoms with Crippen molar-refractivity contribution in [3.8, 4) is 5.69 Å². The zero-order chi connectivity index (χ0) is 14.2. The first kappa shape index (κ1) is 12.6. The van der Waals surface area contributed by atoms with E-state index in [-0.39, 0.29) is 11.9 Å². The number of hydrogen-bond acceptors (Lipinski definition) is 4. The molecule has 2 saturated heterocycles. The number of carbonyl (C=O) groups excluding carboxylic acids is 1. The molecule has 0 aliphatic carbocycles. The molecule has 0 amide bonds. The van der Waals surface area contributed by atoms with E-state index < -0.39 is 0 Å². The van der Waals surface area contributed by atoms with Crippen LogP contribution in [0.5, 0.6) is 0 Å². The second kappa shape index (κ2) is 5.00. The molecule has 2 fully saturated rings. The summed E-state index contributed by atoms with van der Waals surface area (Å²) < 4.78 is 7.09. The Balaban J connectivity index is 1.43. The van der Waals surface area contributed by atoms with Crippen LogP contribution in [-0.4, -0.2) is 40.1 Å². The van der Waals surface area contributed by atoms with Crippen molar-refractivity contribution < 1.29 is 9.53 Å². The number of hydrogen-bond donors (Lipinski definition) is 0. The molecule has 1 aromatic carbocycles. The van der Waals surface area contributed by atoms with Crippen molar-refractivity contribution in [3.63, 3.8) is 0 Å². The third-order valence-electron chi connectivity index (χ3n) is 4.40. The van der Waals surface area contributed by atoms with Gasteiger partial charge in [0.05, 0.1) is 18.9 Å². The molecular weight excluding hydrogens is 266 g/mol. The summed E-state index contributed by atoms with van der Waals surface area (Å²) in [6, 6.07) is 8.48. The molecule has 2 atom stereocenters. The third kappa shape index (κ3) is 2.34. The Morgan fingerprint density at radius 1 is 1.24 bits per heavy atom. The second-order valence-corrected chi connectivity index (χ2v) is 5.83. The first-order chi connectivity index (χ1) is 10.3. The summed E-state index contributed by atoms with van der Waals surface area (Å²) in [5, 5.41) is 0. The molecule has 5 heteroatoms. The smallest absolute Gasteiger partial charge is 0.310 e. The molecule has 0 spiro atoms. The molecule has 0 unspecified atom stereocenters. The Morgan fingerprint density at radius 3 is 2.81 bits per heavy atom. The van der Waals surface area contributed by atoms with Crippen molar-refractivity contribution >= 4 is 5.97 Å². The summed E-state index contributed by atoms with van der Waals surface area (Å²) in [6.45, 7) is 3.27. The zero-order valence-corrected chi connectivity index (χ0v) is 11.7. The number of esters is 1. The lowest BCUT2D eigenvalue weighted by molar-refractivity contribution is -0.141. The predicted octanol–water partition coefficient (Wildman–Crippen LogP) is 1.48. The molecule has 3 heterocycles. The fourth-order valence-corrected chi connectivity index (χ4v) is 3.27. The maximum Gasteiger partial charge on any atom is 0.310 e. The molecule has 21 heavy (non-hydrogen) atoms. The van der Waals surface area contributed by atoms with Crippen LogP contribution in [-0.2, 0) is 16.1 Å². The Morgan fingerprint density at radius 2 is 2.10 bits per heavy atom. The van der Waals surface area contributed by atoms with Gasteiger partial charge in [-0.25, -0.2) is 4.98 Å². The molecule has 2 aliphatic heterocycles. The summed E-state index contributed by atoms with van der Waals surface area (Å²) >= 11 is 0. The summed E-state index contributed by atoms with van der Waals surface area (Å²) in [4.78, 5) is 18.0. The molecule has 0 bridgehead atoms. The van der Waals surface area contributed by atoms with Gasteiger partial charge in [-0.1, -0.05) is 12.1 Å². The molecule has 0 N–H and O–H groups in total. The van der Waals surface area contributed by atoms with Gasteiger partial charge in [0.25, 0.3) is 0 Å². The number of ether oxygens (including phenoxy) is 1. The largest absolute Gasteiger partial charge is 0.465 e. The van der Waals surface area contributed by atoms with Crippen LogP contribution >= 0.6 is 0 Å². The summed E-state index contributed by atoms with van der Waals surface area (Å²) in [7, 11) is 0. The van der Waals surface area contributed by atoms with Gasteiger partial charge in [0, 0.05) is 43.6 Å². The Labute approximate surface area is 123 Å². The number of imidazole rings is 1. The van der Waals surface area contributed by atoms with E-state index in [0.717, 1.165) is 25.3 Å². The van der Waals surface area contributed by atoms with Gasteiger partial charge in [0.15, 0.2) is 0 Å². The summed E-state index contributed by atoms with van der Waals surface area (Å²) in [5.41, 5.74) is 2.38. The number of cyclic esters (lactones) is 1. The first-order valence-corrected chi connectivity index (χ1v) is 7.26. The van der Waals surface area contributed by atoms with Crippen molar-refractivity contribution in [2.24, 2.45) is 11.8 Å². The molecule has 4 rings (SSSR count). The Bertz CT molecular complexity index is 636. The van der Waals surface area contributed by atoms with Crippen LogP contribution in [0.4, 0.5) is 0 Å². The maximum atomic E-state index is 11.6. The molecule has 0 radical (unpaired) electrons. The Kier molecular flexibility index (Phi) is 3.00. The third-order valence-corrected chi connectivity index (χ3v) is 4.40. The highest BCUT2D eigenvalue weighted by atomic mass is 16.5. The number of likely N-dealkylation sites (tertiary alicyclic amines) is 1. The lowest BCUT2D eigenvalue weighted by Crippen LogP contribution is -2.23. The van der Waals surface area contributed by atoms with Crippen molar-refractivity contribution in [3.05, 3.63) is 48.5 Å². The van der Waals surface area contributed by atoms with Crippen LogP contribution in [0.3, 0.4) is 0 Å². The number of benzene rings is 1. The van der Waals surface area contributed by atoms with Crippen LogP contribution in [0.15, 0.2) is 43.0 Å². The SMILES string of the molecule is O=C1OC[C@H]2CN(Cc3ccc(-n4ccnc4)cc3)C[C@@H]12. The topological polar surface area (TPSA) is 47.4 Å². The lowest BCUT2D eigenvalue weighted by atomic mass is 10.0. The second-order valence-electron chi connectivity index (χ2n) is 5.83. The fraction of sp³-hybridized carbons (Fsp3) is 0.375. The van der Waals surface area contributed by atoms with Gasteiger partial charge < -0.3 is 9.30 Å². The van der Waals surface area contributed by atoms with Crippen LogP contribution < -0.4 is 0 Å². The van der Waals surface area contributed by atoms with Gasteiger partial charge >= 0.3 is 5.97 Å². The fourth-order valence-electron chi connectivity index (χ4n) is 3.27. The van der Waals surface area contributed by atoms with Crippen molar-refractivity contribution in [2.45, 2.75) is 6.54 Å². The minimum Gasteiger partial charge on any atom is -0.465 e. The molecule has 2 aromatic rings. The molecular formula is C16H17N3O2. The van der Waals surface area contributed by atoms with E-state index in [2.05, 4.69) is 34.1 Å². The van der Waals surface area contributed by atoms with Gasteiger partial charge in [0.1, 0.15) is 0 Å². The predicted molar refractivity (Wildman–Crippen MR) is 76.8 cm³/mol. The normalized spacial score (nSPS) is 25.0. The number of fused-ring (bicyclic) bond motifs is 1. The van der Waals surface area contributed by atoms with E-state index in [1.54, 1.807) is 12.5 Å². The van der Waals surface area contributed by atoms with Crippen molar-refractivity contribution in [1.82, 2.24) is 14.5 Å². The highest BCUT2D eigenvalue weighted by Gasteiger charge is 2.43. The molecule has 2 aliphatic rings. The number of carbonyl (C=O) groups is 1. The quantitative estimate of drug-likeness (QED) is 0.801. The van der Waals surface area contributed by atoms with Gasteiger partial charge in [-0.15, -0.1) is 0 Å². The standard InChI is InChI=1S/C16H17N3O2/c20-16-15-9-18(8-13(15)10-21-16)7-12-1-3-14(4-2-12)19-6-5-17-11-19/h1-6,11,13,15H,7-10H2/t13-,15-/m1/s1. The van der Waals surface area contributed by atoms with E-state index in [9.17, 15) is 4.79 Å². The number of aromatic nitrogens is 2. The maximum absolute atomic E-state index is 11.6. The average Bonchev–Trinajstić information content (AvgIpc) is 3.20. The van der Waals surface area contributed by atoms with Crippen molar-refractivity contribution in [1.29, 1.82) is 0 Å². The lowest BCUT2D eigenvalue weighted by Gasteiger charge is -2.16. The van der Waals surface area contributed by atoms with Crippen LogP contribution in [0.1, 0.15) is 5.56 Å². The van der Waals surface area contributed by atoms with Gasteiger partial charge in [-0.05, 0) is 17.7 Å². The van der Waals surface area contributed by atoms with Gasteiger partial charge in [-0.3, -0.25) is 9.69 Å². The van der Waals surface area contributed by atoms with E-state index in [1.165, 1.54) is 5.56 Å². The minimum atomic E-state index is -0.0158. The van der Waals surface area contributed by atoms with E-state index in [1.807, 2.05) is 10.8 Å². The van der Waals surface area contributed by atoms with Gasteiger partial charge in [-0.2, -0.15) is 0 Å². The van der Waals surface area contributed by atoms with Crippen molar-refractivity contribution in [2.75, 3.05) is 19.7 Å². The zero-order valence-electron chi connectivity index (χ0n) is 11.7. The average molecular weight is 283 g/mol. The number of rotatable bonds is 3. The molecule has 1 aromatic heterocycles. The summed E-state index contributed by atoms with van der Waals surface area (Å²) in [6.07, 6.45) is 5.50. The van der Waals surface area contributed by atoms with Crippen LogP contribution in [0, 0.1) is 11.8 Å². The molecule has 5 nitrogen and oxygen atoms in total. The van der Waals surface area contributed by atoms with E-state index in [4.69, 9.17) is 4.74 Å². The van der Waals surface area contributed by atoms with Gasteiger partial charge in [0.2, 0.25) is 0 Å². The van der Waals surface area contributed by atoms with E-state index >= 15 is 0 Å². The Hall–Kier alpha value is -2.14. The highest BCUT2D eigenvalue weighted by Crippen LogP contribution is 2.31. The van der Waals surface area contributed by atoms with Crippen LogP contribution in [0.2, 0.25) is 0 Å². The monoisotopic (exact) mass is 283 g/mol. The highest BCUT2D eigenvalue weighted by molar-refractivity contribution is 5.75. The summed E-state index contributed by atoms with van der Waals surface area (Å²) in [5.74, 6) is 0.468. The van der Waals surface area contributed by atoms with Crippen LogP contribution in [0.25, 0.3) is 5.69 Å². The minimum absolute atomic E-state index is 0.0158. The number of nitrogens with zero attached hydrogens (tertiary/aromatic N) is 3. The molecule has 108 valence electrons. The van der Waals surface area contributed by atoms with E-state index in [0.29, 0.717) is 12.5 Å².